The van der Waals surface area contributed by atoms with Crippen molar-refractivity contribution in [3.63, 3.8) is 0 Å². The summed E-state index contributed by atoms with van der Waals surface area (Å²) in [5.74, 6) is 0. The minimum absolute atomic E-state index is 1.10. The van der Waals surface area contributed by atoms with E-state index in [1.165, 1.54) is 97.7 Å². The van der Waals surface area contributed by atoms with E-state index >= 15 is 0 Å². The van der Waals surface area contributed by atoms with Crippen LogP contribution in [0.3, 0.4) is 0 Å². The molecule has 310 valence electrons. The van der Waals surface area contributed by atoms with Gasteiger partial charge in [-0.3, -0.25) is 0 Å². The summed E-state index contributed by atoms with van der Waals surface area (Å²) in [7, 11) is 0. The molecule has 0 atom stereocenters. The van der Waals surface area contributed by atoms with E-state index in [1.54, 1.807) is 0 Å². The fourth-order valence-electron chi connectivity index (χ4n) is 9.40. The SMILES string of the molecule is c1ccc(-c2cc(-c3ccccc3)cc(-c3ccc(N(c4ccc(-c5ccc(-c6cccc(-c7ccc8ccccc8c7)c6)cc5)cc4)c4ccc5sc6ccccc6c5c4)cc3)c2)cc1. The van der Waals surface area contributed by atoms with Crippen LogP contribution in [0.25, 0.3) is 97.7 Å². The standard InChI is InChI=1S/C64H43NS/c1-3-12-44(13-4-1)55-40-56(45-14-5-2-6-15-45)42-57(41-55)50-30-34-59(35-31-50)65(60-36-37-64-62(43-60)61-20-9-10-21-63(61)66-64)58-32-28-48(29-33-58)47-22-24-49(25-23-47)52-18-11-19-53(38-52)54-27-26-46-16-7-8-17-51(46)39-54/h1-43H. The molecule has 1 aromatic heterocycles. The summed E-state index contributed by atoms with van der Waals surface area (Å²) < 4.78 is 2.60. The number of hydrogen-bond donors (Lipinski definition) is 0. The summed E-state index contributed by atoms with van der Waals surface area (Å²) in [6, 6.07) is 95.2. The first-order chi connectivity index (χ1) is 32.7. The fourth-order valence-corrected chi connectivity index (χ4v) is 10.5. The molecule has 0 unspecified atom stereocenters. The maximum absolute atomic E-state index is 2.39. The summed E-state index contributed by atoms with van der Waals surface area (Å²) >= 11 is 1.85. The third kappa shape index (κ3) is 7.64. The minimum Gasteiger partial charge on any atom is -0.310 e. The molecule has 0 fully saturated rings. The van der Waals surface area contributed by atoms with Crippen LogP contribution < -0.4 is 4.90 Å². The number of hydrogen-bond acceptors (Lipinski definition) is 2. The Morgan fingerprint density at radius 2 is 0.606 bits per heavy atom. The maximum Gasteiger partial charge on any atom is 0.0468 e. The van der Waals surface area contributed by atoms with Crippen LogP contribution >= 0.6 is 11.3 Å². The van der Waals surface area contributed by atoms with Crippen molar-refractivity contribution in [2.75, 3.05) is 4.90 Å². The molecule has 0 saturated heterocycles. The van der Waals surface area contributed by atoms with Crippen molar-refractivity contribution in [3.05, 3.63) is 261 Å². The van der Waals surface area contributed by atoms with Crippen LogP contribution in [0, 0.1) is 0 Å². The zero-order chi connectivity index (χ0) is 43.8. The molecule has 0 N–H and O–H groups in total. The second kappa shape index (κ2) is 17.0. The van der Waals surface area contributed by atoms with E-state index in [9.17, 15) is 0 Å². The summed E-state index contributed by atoms with van der Waals surface area (Å²) in [5.41, 5.74) is 17.7. The summed E-state index contributed by atoms with van der Waals surface area (Å²) in [4.78, 5) is 2.39. The first-order valence-electron chi connectivity index (χ1n) is 22.5. The molecule has 0 bridgehead atoms. The van der Waals surface area contributed by atoms with Crippen LogP contribution in [0.15, 0.2) is 261 Å². The van der Waals surface area contributed by atoms with E-state index in [4.69, 9.17) is 0 Å². The van der Waals surface area contributed by atoms with E-state index < -0.39 is 0 Å². The van der Waals surface area contributed by atoms with Gasteiger partial charge in [0.25, 0.3) is 0 Å². The normalized spacial score (nSPS) is 11.3. The van der Waals surface area contributed by atoms with Crippen LogP contribution in [-0.2, 0) is 0 Å². The molecule has 0 aliphatic rings. The van der Waals surface area contributed by atoms with Crippen molar-refractivity contribution in [3.8, 4) is 66.8 Å². The van der Waals surface area contributed by atoms with Gasteiger partial charge in [0.05, 0.1) is 0 Å². The first-order valence-corrected chi connectivity index (χ1v) is 23.4. The number of anilines is 3. The molecule has 66 heavy (non-hydrogen) atoms. The van der Waals surface area contributed by atoms with Gasteiger partial charge in [-0.2, -0.15) is 0 Å². The highest BCUT2D eigenvalue weighted by Gasteiger charge is 2.17. The zero-order valence-corrected chi connectivity index (χ0v) is 37.0. The van der Waals surface area contributed by atoms with Gasteiger partial charge in [-0.15, -0.1) is 11.3 Å². The van der Waals surface area contributed by atoms with E-state index in [2.05, 4.69) is 266 Å². The Morgan fingerprint density at radius 3 is 1.23 bits per heavy atom. The zero-order valence-electron chi connectivity index (χ0n) is 36.2. The molecule has 0 amide bonds. The fraction of sp³-hybridized carbons (Fsp3) is 0. The van der Waals surface area contributed by atoms with E-state index in [-0.39, 0.29) is 0 Å². The van der Waals surface area contributed by atoms with Crippen molar-refractivity contribution in [2.24, 2.45) is 0 Å². The lowest BCUT2D eigenvalue weighted by Crippen LogP contribution is -2.09. The van der Waals surface area contributed by atoms with Gasteiger partial charge in [0, 0.05) is 37.2 Å². The number of benzene rings is 11. The van der Waals surface area contributed by atoms with E-state index in [0.717, 1.165) is 17.1 Å². The molecule has 0 aliphatic heterocycles. The smallest absolute Gasteiger partial charge is 0.0468 e. The molecular weight excluding hydrogens is 815 g/mol. The molecule has 1 heterocycles. The summed E-state index contributed by atoms with van der Waals surface area (Å²) in [6.45, 7) is 0. The summed E-state index contributed by atoms with van der Waals surface area (Å²) in [5, 5.41) is 5.09. The Labute approximate surface area is 389 Å². The van der Waals surface area contributed by atoms with Crippen molar-refractivity contribution in [2.45, 2.75) is 0 Å². The summed E-state index contributed by atoms with van der Waals surface area (Å²) in [6.07, 6.45) is 0. The maximum atomic E-state index is 2.39. The van der Waals surface area contributed by atoms with Crippen LogP contribution in [0.4, 0.5) is 17.1 Å². The van der Waals surface area contributed by atoms with Gasteiger partial charge in [-0.25, -0.2) is 0 Å². The molecule has 0 spiro atoms. The molecule has 0 aliphatic carbocycles. The molecular formula is C64H43NS. The lowest BCUT2D eigenvalue weighted by atomic mass is 9.93. The van der Waals surface area contributed by atoms with Crippen molar-refractivity contribution in [1.29, 1.82) is 0 Å². The van der Waals surface area contributed by atoms with Gasteiger partial charge in [-0.05, 0) is 156 Å². The molecule has 12 rings (SSSR count). The van der Waals surface area contributed by atoms with E-state index in [1.807, 2.05) is 11.3 Å². The predicted octanol–water partition coefficient (Wildman–Crippen LogP) is 18.7. The van der Waals surface area contributed by atoms with Gasteiger partial charge in [0.15, 0.2) is 0 Å². The number of fused-ring (bicyclic) bond motifs is 4. The number of thiophene rings is 1. The molecule has 0 saturated carbocycles. The number of nitrogens with zero attached hydrogens (tertiary/aromatic N) is 1. The minimum atomic E-state index is 1.10. The quantitative estimate of drug-likeness (QED) is 0.140. The highest BCUT2D eigenvalue weighted by Crippen LogP contribution is 2.42. The van der Waals surface area contributed by atoms with Gasteiger partial charge < -0.3 is 4.90 Å². The first kappa shape index (κ1) is 39.3. The van der Waals surface area contributed by atoms with Crippen LogP contribution in [0.2, 0.25) is 0 Å². The highest BCUT2D eigenvalue weighted by molar-refractivity contribution is 7.25. The topological polar surface area (TPSA) is 3.24 Å². The van der Waals surface area contributed by atoms with Crippen molar-refractivity contribution < 1.29 is 0 Å². The molecule has 11 aromatic carbocycles. The second-order valence-electron chi connectivity index (χ2n) is 17.0. The molecule has 0 radical (unpaired) electrons. The van der Waals surface area contributed by atoms with Gasteiger partial charge in [0.1, 0.15) is 0 Å². The highest BCUT2D eigenvalue weighted by atomic mass is 32.1. The Balaban J connectivity index is 0.882. The van der Waals surface area contributed by atoms with E-state index in [0.29, 0.717) is 0 Å². The van der Waals surface area contributed by atoms with Crippen molar-refractivity contribution in [1.82, 2.24) is 0 Å². The van der Waals surface area contributed by atoms with Gasteiger partial charge >= 0.3 is 0 Å². The Bertz CT molecular complexity index is 3610. The Morgan fingerprint density at radius 1 is 0.212 bits per heavy atom. The third-order valence-electron chi connectivity index (χ3n) is 12.8. The Hall–Kier alpha value is -8.30. The lowest BCUT2D eigenvalue weighted by Gasteiger charge is -2.26. The van der Waals surface area contributed by atoms with Gasteiger partial charge in [-0.1, -0.05) is 182 Å². The molecule has 12 aromatic rings. The average molecular weight is 858 g/mol. The average Bonchev–Trinajstić information content (AvgIpc) is 3.77. The Kier molecular flexibility index (Phi) is 10.1. The molecule has 2 heteroatoms. The van der Waals surface area contributed by atoms with Crippen LogP contribution in [0.1, 0.15) is 0 Å². The van der Waals surface area contributed by atoms with Crippen LogP contribution in [-0.4, -0.2) is 0 Å². The molecule has 1 nitrogen and oxygen atoms in total. The lowest BCUT2D eigenvalue weighted by molar-refractivity contribution is 1.29. The third-order valence-corrected chi connectivity index (χ3v) is 14.0. The predicted molar refractivity (Wildman–Crippen MR) is 284 cm³/mol. The number of rotatable bonds is 9. The van der Waals surface area contributed by atoms with Crippen molar-refractivity contribution >= 4 is 59.3 Å². The van der Waals surface area contributed by atoms with Gasteiger partial charge in [0.2, 0.25) is 0 Å². The second-order valence-corrected chi connectivity index (χ2v) is 18.0. The van der Waals surface area contributed by atoms with Crippen LogP contribution in [0.5, 0.6) is 0 Å². The largest absolute Gasteiger partial charge is 0.310 e. The monoisotopic (exact) mass is 857 g/mol.